The third-order valence-corrected chi connectivity index (χ3v) is 5.78. The molecule has 4 rings (SSSR count). The van der Waals surface area contributed by atoms with E-state index in [0.717, 1.165) is 31.6 Å². The Bertz CT molecular complexity index is 646. The summed E-state index contributed by atoms with van der Waals surface area (Å²) >= 11 is 1.83. The molecule has 1 aliphatic carbocycles. The van der Waals surface area contributed by atoms with E-state index in [9.17, 15) is 4.79 Å². The molecule has 3 nitrogen and oxygen atoms in total. The summed E-state index contributed by atoms with van der Waals surface area (Å²) in [5.74, 6) is 1.72. The molecule has 21 heavy (non-hydrogen) atoms. The van der Waals surface area contributed by atoms with Gasteiger partial charge in [-0.2, -0.15) is 0 Å². The number of furan rings is 1. The van der Waals surface area contributed by atoms with Crippen molar-refractivity contribution in [1.82, 2.24) is 4.90 Å². The molecular weight excluding hydrogens is 282 g/mol. The summed E-state index contributed by atoms with van der Waals surface area (Å²) in [7, 11) is 0. The minimum Gasteiger partial charge on any atom is -0.469 e. The van der Waals surface area contributed by atoms with Crippen LogP contribution in [0.15, 0.2) is 34.3 Å². The van der Waals surface area contributed by atoms with Gasteiger partial charge in [-0.05, 0) is 48.4 Å². The molecule has 0 bridgehead atoms. The predicted octanol–water partition coefficient (Wildman–Crippen LogP) is 3.98. The molecule has 1 saturated carbocycles. The molecule has 0 spiro atoms. The van der Waals surface area contributed by atoms with Crippen LogP contribution in [-0.2, 0) is 11.2 Å². The first-order valence-electron chi connectivity index (χ1n) is 7.69. The van der Waals surface area contributed by atoms with Crippen LogP contribution in [0.3, 0.4) is 0 Å². The Labute approximate surface area is 128 Å². The van der Waals surface area contributed by atoms with Crippen molar-refractivity contribution in [2.24, 2.45) is 5.92 Å². The van der Waals surface area contributed by atoms with Crippen molar-refractivity contribution >= 4 is 17.2 Å². The zero-order valence-corrected chi connectivity index (χ0v) is 12.9. The highest BCUT2D eigenvalue weighted by Gasteiger charge is 2.49. The highest BCUT2D eigenvalue weighted by atomic mass is 32.1. The lowest BCUT2D eigenvalue weighted by molar-refractivity contribution is -0.135. The van der Waals surface area contributed by atoms with Crippen LogP contribution < -0.4 is 0 Å². The molecular formula is C17H19NO2S. The number of amides is 1. The quantitative estimate of drug-likeness (QED) is 0.859. The summed E-state index contributed by atoms with van der Waals surface area (Å²) in [4.78, 5) is 16.4. The molecule has 2 aromatic heterocycles. The van der Waals surface area contributed by atoms with Gasteiger partial charge in [-0.25, -0.2) is 0 Å². The van der Waals surface area contributed by atoms with Crippen LogP contribution in [0.4, 0.5) is 0 Å². The summed E-state index contributed by atoms with van der Waals surface area (Å²) in [6, 6.07) is 6.36. The van der Waals surface area contributed by atoms with Gasteiger partial charge in [0, 0.05) is 23.3 Å². The van der Waals surface area contributed by atoms with Gasteiger partial charge in [0.25, 0.3) is 0 Å². The van der Waals surface area contributed by atoms with Gasteiger partial charge in [0.2, 0.25) is 5.91 Å². The second-order valence-electron chi connectivity index (χ2n) is 5.97. The monoisotopic (exact) mass is 301 g/mol. The van der Waals surface area contributed by atoms with Crippen LogP contribution >= 0.6 is 11.3 Å². The zero-order valence-electron chi connectivity index (χ0n) is 12.1. The molecule has 2 aromatic rings. The summed E-state index contributed by atoms with van der Waals surface area (Å²) in [5.41, 5.74) is 1.37. The first kappa shape index (κ1) is 13.1. The van der Waals surface area contributed by atoms with Crippen LogP contribution in [-0.4, -0.2) is 17.4 Å². The minimum atomic E-state index is 0.130. The van der Waals surface area contributed by atoms with Gasteiger partial charge in [0.05, 0.1) is 12.3 Å². The van der Waals surface area contributed by atoms with E-state index in [4.69, 9.17) is 4.42 Å². The van der Waals surface area contributed by atoms with Crippen molar-refractivity contribution in [3.8, 4) is 0 Å². The van der Waals surface area contributed by atoms with E-state index >= 15 is 0 Å². The highest BCUT2D eigenvalue weighted by Crippen LogP contribution is 2.50. The average molecular weight is 301 g/mol. The number of carbonyl (C=O) groups is 1. The molecule has 110 valence electrons. The predicted molar refractivity (Wildman–Crippen MR) is 82.3 cm³/mol. The first-order valence-corrected chi connectivity index (χ1v) is 8.57. The lowest BCUT2D eigenvalue weighted by Crippen LogP contribution is -2.40. The van der Waals surface area contributed by atoms with Gasteiger partial charge in [-0.1, -0.05) is 6.92 Å². The second kappa shape index (κ2) is 5.02. The molecule has 3 atom stereocenters. The molecule has 3 heterocycles. The average Bonchev–Trinajstić information content (AvgIpc) is 2.94. The molecule has 0 radical (unpaired) electrons. The summed E-state index contributed by atoms with van der Waals surface area (Å²) in [6.07, 6.45) is 4.64. The maximum Gasteiger partial charge on any atom is 0.226 e. The number of thiophene rings is 1. The fraction of sp³-hybridized carbons (Fsp3) is 0.471. The third kappa shape index (κ3) is 2.13. The number of fused-ring (bicyclic) bond motifs is 1. The number of rotatable bonds is 3. The third-order valence-electron chi connectivity index (χ3n) is 4.78. The number of carbonyl (C=O) groups excluding carboxylic acids is 1. The smallest absolute Gasteiger partial charge is 0.226 e. The summed E-state index contributed by atoms with van der Waals surface area (Å²) < 4.78 is 5.45. The summed E-state index contributed by atoms with van der Waals surface area (Å²) in [5, 5.41) is 2.16. The van der Waals surface area contributed by atoms with Crippen molar-refractivity contribution in [3.63, 3.8) is 0 Å². The molecule has 0 saturated heterocycles. The van der Waals surface area contributed by atoms with Gasteiger partial charge < -0.3 is 9.32 Å². The number of nitrogens with zero attached hydrogens (tertiary/aromatic N) is 1. The topological polar surface area (TPSA) is 33.5 Å². The van der Waals surface area contributed by atoms with Crippen LogP contribution in [0.5, 0.6) is 0 Å². The van der Waals surface area contributed by atoms with Gasteiger partial charge in [0.15, 0.2) is 0 Å². The van der Waals surface area contributed by atoms with Gasteiger partial charge >= 0.3 is 0 Å². The van der Waals surface area contributed by atoms with Gasteiger partial charge in [-0.3, -0.25) is 4.79 Å². The Kier molecular flexibility index (Phi) is 3.14. The number of hydrogen-bond acceptors (Lipinski definition) is 3. The largest absolute Gasteiger partial charge is 0.469 e. The van der Waals surface area contributed by atoms with Gasteiger partial charge in [-0.15, -0.1) is 11.3 Å². The maximum absolute atomic E-state index is 12.9. The van der Waals surface area contributed by atoms with Crippen molar-refractivity contribution < 1.29 is 9.21 Å². The van der Waals surface area contributed by atoms with Crippen LogP contribution in [0.2, 0.25) is 0 Å². The number of hydrogen-bond donors (Lipinski definition) is 0. The second-order valence-corrected chi connectivity index (χ2v) is 6.97. The highest BCUT2D eigenvalue weighted by molar-refractivity contribution is 7.10. The molecule has 0 unspecified atom stereocenters. The van der Waals surface area contributed by atoms with Crippen molar-refractivity contribution in [2.75, 3.05) is 6.54 Å². The summed E-state index contributed by atoms with van der Waals surface area (Å²) in [6.45, 7) is 3.04. The fourth-order valence-corrected chi connectivity index (χ4v) is 4.53. The molecule has 1 aliphatic heterocycles. The van der Waals surface area contributed by atoms with Crippen molar-refractivity contribution in [1.29, 1.82) is 0 Å². The lowest BCUT2D eigenvalue weighted by atomic mass is 9.97. The minimum absolute atomic E-state index is 0.130. The standard InChI is InChI=1S/C17H19NO2S/c1-2-14-11-6-9-21-16(11)5-7-18(14)17(19)13-10-12(13)15-4-3-8-20-15/h3-4,6,8-9,12-14H,2,5,7,10H2,1H3/t12-,13-,14-/m1/s1. The van der Waals surface area contributed by atoms with E-state index in [1.165, 1.54) is 10.4 Å². The van der Waals surface area contributed by atoms with E-state index < -0.39 is 0 Å². The zero-order chi connectivity index (χ0) is 14.4. The normalized spacial score (nSPS) is 27.5. The Morgan fingerprint density at radius 2 is 2.38 bits per heavy atom. The Balaban J connectivity index is 1.53. The SMILES string of the molecule is CC[C@@H]1c2ccsc2CCN1C(=O)[C@@H]1C[C@H]1c1ccco1. The molecule has 1 amide bonds. The molecule has 4 heteroatoms. The van der Waals surface area contributed by atoms with E-state index in [1.807, 2.05) is 23.5 Å². The molecule has 2 aliphatic rings. The fourth-order valence-electron chi connectivity index (χ4n) is 3.60. The van der Waals surface area contributed by atoms with E-state index in [2.05, 4.69) is 23.3 Å². The van der Waals surface area contributed by atoms with E-state index in [0.29, 0.717) is 11.8 Å². The molecule has 0 N–H and O–H groups in total. The van der Waals surface area contributed by atoms with Crippen LogP contribution in [0.25, 0.3) is 0 Å². The molecule has 1 fully saturated rings. The van der Waals surface area contributed by atoms with E-state index in [-0.39, 0.29) is 12.0 Å². The maximum atomic E-state index is 12.9. The Morgan fingerprint density at radius 1 is 1.48 bits per heavy atom. The lowest BCUT2D eigenvalue weighted by Gasteiger charge is -2.35. The van der Waals surface area contributed by atoms with Crippen molar-refractivity contribution in [2.45, 2.75) is 38.1 Å². The Hall–Kier alpha value is -1.55. The molecule has 0 aromatic carbocycles. The first-order chi connectivity index (χ1) is 10.3. The van der Waals surface area contributed by atoms with Crippen LogP contribution in [0, 0.1) is 5.92 Å². The van der Waals surface area contributed by atoms with Crippen LogP contribution in [0.1, 0.15) is 47.9 Å². The Morgan fingerprint density at radius 3 is 3.14 bits per heavy atom. The van der Waals surface area contributed by atoms with Crippen molar-refractivity contribution in [3.05, 3.63) is 46.0 Å². The van der Waals surface area contributed by atoms with E-state index in [1.54, 1.807) is 6.26 Å². The van der Waals surface area contributed by atoms with Gasteiger partial charge in [0.1, 0.15) is 5.76 Å².